The number of hydrogen-bond donors (Lipinski definition) is 2. The number of amides is 1. The smallest absolute Gasteiger partial charge is 0.259 e. The summed E-state index contributed by atoms with van der Waals surface area (Å²) in [6.07, 6.45) is 0. The van der Waals surface area contributed by atoms with Gasteiger partial charge in [0.1, 0.15) is 0 Å². The van der Waals surface area contributed by atoms with Crippen LogP contribution in [0.5, 0.6) is 0 Å². The fraction of sp³-hybridized carbons (Fsp3) is 0.300. The molecule has 0 aliphatic rings. The van der Waals surface area contributed by atoms with Crippen LogP contribution in [0.4, 0.5) is 0 Å². The van der Waals surface area contributed by atoms with Crippen LogP contribution in [0.3, 0.4) is 0 Å². The van der Waals surface area contributed by atoms with Crippen LogP contribution in [-0.2, 0) is 4.79 Å². The second-order valence-corrected chi connectivity index (χ2v) is 5.06. The highest BCUT2D eigenvalue weighted by Crippen LogP contribution is 2.32. The Morgan fingerprint density at radius 1 is 1.36 bits per heavy atom. The van der Waals surface area contributed by atoms with Crippen LogP contribution < -0.4 is 5.48 Å². The van der Waals surface area contributed by atoms with Crippen LogP contribution in [-0.4, -0.2) is 15.9 Å². The number of hydroxylamine groups is 1. The molecule has 1 rings (SSSR count). The number of carbonyl (C=O) groups excluding carboxylic acids is 1. The third-order valence-electron chi connectivity index (χ3n) is 1.76. The number of rotatable bonds is 3. The predicted molar refractivity (Wildman–Crippen MR) is 56.3 cm³/mol. The molecule has 4 heteroatoms. The normalized spacial score (nSPS) is 11.1. The van der Waals surface area contributed by atoms with Crippen molar-refractivity contribution in [2.45, 2.75) is 23.5 Å². The Hall–Kier alpha value is -1.00. The van der Waals surface area contributed by atoms with Gasteiger partial charge in [0.25, 0.3) is 5.91 Å². The lowest BCUT2D eigenvalue weighted by atomic mass is 10.2. The molecule has 0 saturated carbocycles. The van der Waals surface area contributed by atoms with Crippen molar-refractivity contribution in [3.63, 3.8) is 0 Å². The standard InChI is InChI=1S/C10H13NO2S/c1-10(2,9(12)11-13)14-8-6-4-3-5-7-8/h3-7,13H,1-2H3,(H,11,12). The second kappa shape index (κ2) is 4.48. The highest BCUT2D eigenvalue weighted by atomic mass is 32.2. The third-order valence-corrected chi connectivity index (χ3v) is 2.97. The van der Waals surface area contributed by atoms with Gasteiger partial charge in [0.05, 0.1) is 4.75 Å². The Kier molecular flexibility index (Phi) is 3.55. The molecule has 0 heterocycles. The van der Waals surface area contributed by atoms with Crippen molar-refractivity contribution in [3.05, 3.63) is 30.3 Å². The molecule has 1 amide bonds. The number of nitrogens with one attached hydrogen (secondary N) is 1. The molecular weight excluding hydrogens is 198 g/mol. The van der Waals surface area contributed by atoms with Gasteiger partial charge >= 0.3 is 0 Å². The zero-order valence-corrected chi connectivity index (χ0v) is 8.97. The van der Waals surface area contributed by atoms with Gasteiger partial charge in [-0.15, -0.1) is 11.8 Å². The van der Waals surface area contributed by atoms with Gasteiger partial charge in [0.15, 0.2) is 0 Å². The minimum absolute atomic E-state index is 0.397. The van der Waals surface area contributed by atoms with E-state index in [9.17, 15) is 4.79 Å². The second-order valence-electron chi connectivity index (χ2n) is 3.37. The Morgan fingerprint density at radius 2 is 1.93 bits per heavy atom. The van der Waals surface area contributed by atoms with Gasteiger partial charge in [-0.2, -0.15) is 0 Å². The maximum absolute atomic E-state index is 11.3. The molecule has 1 aromatic carbocycles. The maximum atomic E-state index is 11.3. The van der Waals surface area contributed by atoms with Crippen molar-refractivity contribution in [2.24, 2.45) is 0 Å². The molecule has 0 saturated heterocycles. The molecule has 0 aromatic heterocycles. The SMILES string of the molecule is CC(C)(Sc1ccccc1)C(=O)NO. The van der Waals surface area contributed by atoms with Crippen LogP contribution in [0.15, 0.2) is 35.2 Å². The highest BCUT2D eigenvalue weighted by Gasteiger charge is 2.28. The van der Waals surface area contributed by atoms with Crippen LogP contribution in [0.1, 0.15) is 13.8 Å². The first-order valence-electron chi connectivity index (χ1n) is 4.25. The average molecular weight is 211 g/mol. The van der Waals surface area contributed by atoms with E-state index in [1.807, 2.05) is 30.3 Å². The Morgan fingerprint density at radius 3 is 2.43 bits per heavy atom. The summed E-state index contributed by atoms with van der Waals surface area (Å²) >= 11 is 1.41. The zero-order chi connectivity index (χ0) is 10.6. The van der Waals surface area contributed by atoms with Crippen molar-refractivity contribution in [3.8, 4) is 0 Å². The van der Waals surface area contributed by atoms with E-state index < -0.39 is 10.7 Å². The van der Waals surface area contributed by atoms with E-state index in [2.05, 4.69) is 0 Å². The Balaban J connectivity index is 2.73. The molecular formula is C10H13NO2S. The lowest BCUT2D eigenvalue weighted by Gasteiger charge is -2.20. The molecule has 3 nitrogen and oxygen atoms in total. The molecule has 0 spiro atoms. The Labute approximate surface area is 87.5 Å². The van der Waals surface area contributed by atoms with Crippen LogP contribution in [0.25, 0.3) is 0 Å². The summed E-state index contributed by atoms with van der Waals surface area (Å²) in [6, 6.07) is 9.60. The zero-order valence-electron chi connectivity index (χ0n) is 8.15. The van der Waals surface area contributed by atoms with E-state index in [-0.39, 0.29) is 0 Å². The largest absolute Gasteiger partial charge is 0.289 e. The number of benzene rings is 1. The quantitative estimate of drug-likeness (QED) is 0.457. The summed E-state index contributed by atoms with van der Waals surface area (Å²) in [4.78, 5) is 12.3. The predicted octanol–water partition coefficient (Wildman–Crippen LogP) is 2.06. The number of hydrogen-bond acceptors (Lipinski definition) is 3. The molecule has 0 aliphatic heterocycles. The van der Waals surface area contributed by atoms with E-state index in [1.165, 1.54) is 11.8 Å². The molecule has 76 valence electrons. The van der Waals surface area contributed by atoms with E-state index in [4.69, 9.17) is 5.21 Å². The van der Waals surface area contributed by atoms with Crippen molar-refractivity contribution in [1.29, 1.82) is 0 Å². The molecule has 0 bridgehead atoms. The minimum Gasteiger partial charge on any atom is -0.289 e. The molecule has 0 fully saturated rings. The molecule has 0 aliphatic carbocycles. The van der Waals surface area contributed by atoms with E-state index in [0.717, 1.165) is 4.90 Å². The minimum atomic E-state index is -0.671. The van der Waals surface area contributed by atoms with Gasteiger partial charge in [0.2, 0.25) is 0 Å². The summed E-state index contributed by atoms with van der Waals surface area (Å²) in [5, 5.41) is 8.54. The Bertz CT molecular complexity index is 311. The summed E-state index contributed by atoms with van der Waals surface area (Å²) in [5.74, 6) is -0.397. The molecule has 2 N–H and O–H groups in total. The van der Waals surface area contributed by atoms with E-state index in [1.54, 1.807) is 19.3 Å². The van der Waals surface area contributed by atoms with E-state index >= 15 is 0 Å². The molecule has 0 atom stereocenters. The van der Waals surface area contributed by atoms with E-state index in [0.29, 0.717) is 0 Å². The van der Waals surface area contributed by atoms with Crippen molar-refractivity contribution < 1.29 is 10.0 Å². The van der Waals surface area contributed by atoms with Crippen molar-refractivity contribution >= 4 is 17.7 Å². The fourth-order valence-electron chi connectivity index (χ4n) is 0.964. The average Bonchev–Trinajstić information content (AvgIpc) is 2.17. The van der Waals surface area contributed by atoms with Crippen molar-refractivity contribution in [2.75, 3.05) is 0 Å². The molecule has 0 radical (unpaired) electrons. The summed E-state index contributed by atoms with van der Waals surface area (Å²) in [5.41, 5.74) is 1.67. The molecule has 0 unspecified atom stereocenters. The fourth-order valence-corrected chi connectivity index (χ4v) is 1.98. The van der Waals surface area contributed by atoms with Crippen LogP contribution >= 0.6 is 11.8 Å². The lowest BCUT2D eigenvalue weighted by molar-refractivity contribution is -0.130. The van der Waals surface area contributed by atoms with Gasteiger partial charge in [-0.1, -0.05) is 18.2 Å². The van der Waals surface area contributed by atoms with Crippen molar-refractivity contribution in [1.82, 2.24) is 5.48 Å². The summed E-state index contributed by atoms with van der Waals surface area (Å²) < 4.78 is -0.671. The maximum Gasteiger partial charge on any atom is 0.259 e. The van der Waals surface area contributed by atoms with Gasteiger partial charge in [-0.25, -0.2) is 5.48 Å². The van der Waals surface area contributed by atoms with Gasteiger partial charge in [-0.05, 0) is 26.0 Å². The highest BCUT2D eigenvalue weighted by molar-refractivity contribution is 8.01. The number of carbonyl (C=O) groups is 1. The first-order valence-corrected chi connectivity index (χ1v) is 5.06. The third kappa shape index (κ3) is 2.75. The molecule has 14 heavy (non-hydrogen) atoms. The van der Waals surface area contributed by atoms with Gasteiger partial charge < -0.3 is 0 Å². The summed E-state index contributed by atoms with van der Waals surface area (Å²) in [7, 11) is 0. The first-order chi connectivity index (χ1) is 6.56. The first kappa shape index (κ1) is 11.1. The van der Waals surface area contributed by atoms with Gasteiger partial charge in [0, 0.05) is 4.90 Å². The number of thioether (sulfide) groups is 1. The monoisotopic (exact) mass is 211 g/mol. The van der Waals surface area contributed by atoms with Gasteiger partial charge in [-0.3, -0.25) is 10.0 Å². The molecule has 1 aromatic rings. The lowest BCUT2D eigenvalue weighted by Crippen LogP contribution is -2.37. The van der Waals surface area contributed by atoms with Crippen LogP contribution in [0.2, 0.25) is 0 Å². The van der Waals surface area contributed by atoms with Crippen LogP contribution in [0, 0.1) is 0 Å². The summed E-state index contributed by atoms with van der Waals surface area (Å²) in [6.45, 7) is 3.52. The topological polar surface area (TPSA) is 49.3 Å².